The van der Waals surface area contributed by atoms with E-state index in [9.17, 15) is 9.59 Å². The zero-order valence-corrected chi connectivity index (χ0v) is 14.3. The Bertz CT molecular complexity index is 812. The van der Waals surface area contributed by atoms with Crippen molar-refractivity contribution in [3.63, 3.8) is 0 Å². The van der Waals surface area contributed by atoms with E-state index in [4.69, 9.17) is 14.2 Å². The maximum Gasteiger partial charge on any atom is 0.409 e. The third-order valence-corrected chi connectivity index (χ3v) is 4.19. The van der Waals surface area contributed by atoms with Crippen LogP contribution >= 0.6 is 0 Å². The van der Waals surface area contributed by atoms with E-state index in [1.54, 1.807) is 31.1 Å². The number of hydrogen-bond donors (Lipinski definition) is 1. The maximum absolute atomic E-state index is 12.0. The van der Waals surface area contributed by atoms with Gasteiger partial charge >= 0.3 is 6.09 Å². The van der Waals surface area contributed by atoms with Gasteiger partial charge in [-0.05, 0) is 13.0 Å². The first-order valence-corrected chi connectivity index (χ1v) is 8.26. The second-order valence-electron chi connectivity index (χ2n) is 5.76. The summed E-state index contributed by atoms with van der Waals surface area (Å²) in [6, 6.07) is 3.34. The highest BCUT2D eigenvalue weighted by Gasteiger charge is 2.25. The minimum absolute atomic E-state index is 0.0622. The van der Waals surface area contributed by atoms with Gasteiger partial charge in [0.1, 0.15) is 6.10 Å². The minimum atomic E-state index is -0.290. The van der Waals surface area contributed by atoms with Crippen molar-refractivity contribution in [2.45, 2.75) is 25.9 Å². The summed E-state index contributed by atoms with van der Waals surface area (Å²) in [6.45, 7) is 3.30. The largest absolute Gasteiger partial charge is 0.493 e. The van der Waals surface area contributed by atoms with E-state index >= 15 is 0 Å². The van der Waals surface area contributed by atoms with Crippen LogP contribution in [0, 0.1) is 0 Å². The monoisotopic (exact) mass is 347 g/mol. The second-order valence-corrected chi connectivity index (χ2v) is 5.76. The van der Waals surface area contributed by atoms with Gasteiger partial charge in [0.15, 0.2) is 11.5 Å². The van der Waals surface area contributed by atoms with Crippen LogP contribution in [-0.2, 0) is 4.74 Å². The zero-order valence-electron chi connectivity index (χ0n) is 14.3. The lowest BCUT2D eigenvalue weighted by atomic mass is 10.1. The van der Waals surface area contributed by atoms with Crippen LogP contribution in [0.15, 0.2) is 23.3 Å². The number of amides is 1. The molecule has 1 aromatic carbocycles. The summed E-state index contributed by atoms with van der Waals surface area (Å²) in [4.78, 5) is 32.1. The average Bonchev–Trinajstić information content (AvgIpc) is 2.63. The lowest BCUT2D eigenvalue weighted by molar-refractivity contribution is 0.0694. The minimum Gasteiger partial charge on any atom is -0.493 e. The van der Waals surface area contributed by atoms with Crippen molar-refractivity contribution in [2.24, 2.45) is 0 Å². The Kier molecular flexibility index (Phi) is 5.06. The quantitative estimate of drug-likeness (QED) is 0.908. The van der Waals surface area contributed by atoms with E-state index in [1.165, 1.54) is 6.33 Å². The fourth-order valence-corrected chi connectivity index (χ4v) is 2.88. The van der Waals surface area contributed by atoms with Gasteiger partial charge in [-0.3, -0.25) is 4.79 Å². The van der Waals surface area contributed by atoms with E-state index in [1.807, 2.05) is 0 Å². The van der Waals surface area contributed by atoms with Gasteiger partial charge in [-0.1, -0.05) is 0 Å². The molecule has 25 heavy (non-hydrogen) atoms. The second kappa shape index (κ2) is 7.42. The number of nitrogens with zero attached hydrogens (tertiary/aromatic N) is 2. The van der Waals surface area contributed by atoms with Crippen LogP contribution in [0.2, 0.25) is 0 Å². The predicted octanol–water partition coefficient (Wildman–Crippen LogP) is 1.93. The van der Waals surface area contributed by atoms with Crippen molar-refractivity contribution in [3.8, 4) is 11.5 Å². The van der Waals surface area contributed by atoms with Gasteiger partial charge in [0, 0.05) is 32.0 Å². The highest BCUT2D eigenvalue weighted by atomic mass is 16.6. The van der Waals surface area contributed by atoms with Crippen LogP contribution in [-0.4, -0.2) is 53.9 Å². The molecule has 2 aromatic rings. The Morgan fingerprint density at radius 2 is 2.08 bits per heavy atom. The van der Waals surface area contributed by atoms with Gasteiger partial charge in [0.05, 0.1) is 30.9 Å². The van der Waals surface area contributed by atoms with E-state index in [-0.39, 0.29) is 17.8 Å². The number of nitrogens with one attached hydrogen (secondary N) is 1. The molecule has 8 nitrogen and oxygen atoms in total. The molecule has 1 aliphatic rings. The van der Waals surface area contributed by atoms with E-state index in [0.29, 0.717) is 54.9 Å². The SMILES string of the molecule is CCOC(=O)N1CCC(Oc2cc3c(=O)[nH]cnc3cc2OC)CC1. The number of rotatable bonds is 4. The molecule has 0 bridgehead atoms. The first-order valence-electron chi connectivity index (χ1n) is 8.26. The molecular weight excluding hydrogens is 326 g/mol. The number of benzene rings is 1. The van der Waals surface area contributed by atoms with Crippen LogP contribution in [0.3, 0.4) is 0 Å². The van der Waals surface area contributed by atoms with E-state index in [0.717, 1.165) is 0 Å². The van der Waals surface area contributed by atoms with Crippen LogP contribution in [0.5, 0.6) is 11.5 Å². The molecule has 1 aromatic heterocycles. The number of aromatic amines is 1. The fraction of sp³-hybridized carbons (Fsp3) is 0.471. The third kappa shape index (κ3) is 3.67. The van der Waals surface area contributed by atoms with Gasteiger partial charge in [-0.2, -0.15) is 0 Å². The molecule has 0 radical (unpaired) electrons. The van der Waals surface area contributed by atoms with Crippen molar-refractivity contribution in [1.29, 1.82) is 0 Å². The number of fused-ring (bicyclic) bond motifs is 1. The van der Waals surface area contributed by atoms with Crippen LogP contribution in [0.1, 0.15) is 19.8 Å². The van der Waals surface area contributed by atoms with Gasteiger partial charge in [-0.15, -0.1) is 0 Å². The summed E-state index contributed by atoms with van der Waals surface area (Å²) >= 11 is 0. The summed E-state index contributed by atoms with van der Waals surface area (Å²) in [5.74, 6) is 1.03. The van der Waals surface area contributed by atoms with E-state index < -0.39 is 0 Å². The van der Waals surface area contributed by atoms with E-state index in [2.05, 4.69) is 9.97 Å². The molecule has 0 aliphatic carbocycles. The summed E-state index contributed by atoms with van der Waals surface area (Å²) in [7, 11) is 1.55. The zero-order chi connectivity index (χ0) is 17.8. The Morgan fingerprint density at radius 1 is 1.32 bits per heavy atom. The number of piperidine rings is 1. The average molecular weight is 347 g/mol. The molecule has 1 N–H and O–H groups in total. The van der Waals surface area contributed by atoms with Crippen LogP contribution in [0.25, 0.3) is 10.9 Å². The smallest absolute Gasteiger partial charge is 0.409 e. The lowest BCUT2D eigenvalue weighted by Crippen LogP contribution is -2.42. The van der Waals surface area contributed by atoms with Crippen molar-refractivity contribution < 1.29 is 19.0 Å². The van der Waals surface area contributed by atoms with Crippen molar-refractivity contribution in [2.75, 3.05) is 26.8 Å². The first kappa shape index (κ1) is 17.1. The fourth-order valence-electron chi connectivity index (χ4n) is 2.88. The van der Waals surface area contributed by atoms with Gasteiger partial charge in [-0.25, -0.2) is 9.78 Å². The van der Waals surface area contributed by atoms with Crippen molar-refractivity contribution in [3.05, 3.63) is 28.8 Å². The molecule has 1 aliphatic heterocycles. The number of aromatic nitrogens is 2. The Morgan fingerprint density at radius 3 is 2.76 bits per heavy atom. The molecular formula is C17H21N3O5. The molecule has 2 heterocycles. The number of ether oxygens (including phenoxy) is 3. The predicted molar refractivity (Wildman–Crippen MR) is 91.2 cm³/mol. The summed E-state index contributed by atoms with van der Waals surface area (Å²) < 4.78 is 16.4. The normalized spacial score (nSPS) is 15.2. The third-order valence-electron chi connectivity index (χ3n) is 4.19. The summed E-state index contributed by atoms with van der Waals surface area (Å²) in [5, 5.41) is 0.447. The Balaban J connectivity index is 1.74. The topological polar surface area (TPSA) is 93.8 Å². The highest BCUT2D eigenvalue weighted by molar-refractivity contribution is 5.81. The molecule has 8 heteroatoms. The molecule has 3 rings (SSSR count). The van der Waals surface area contributed by atoms with Crippen molar-refractivity contribution >= 4 is 17.0 Å². The number of carbonyl (C=O) groups excluding carboxylic acids is 1. The lowest BCUT2D eigenvalue weighted by Gasteiger charge is -2.31. The molecule has 134 valence electrons. The van der Waals surface area contributed by atoms with Crippen molar-refractivity contribution in [1.82, 2.24) is 14.9 Å². The molecule has 0 saturated carbocycles. The molecule has 1 fully saturated rings. The Labute approximate surface area is 144 Å². The van der Waals surface area contributed by atoms with Gasteiger partial charge in [0.25, 0.3) is 5.56 Å². The summed E-state index contributed by atoms with van der Waals surface area (Å²) in [6.07, 6.45) is 2.37. The Hall–Kier alpha value is -2.77. The number of hydrogen-bond acceptors (Lipinski definition) is 6. The molecule has 0 unspecified atom stereocenters. The molecule has 1 amide bonds. The molecule has 1 saturated heterocycles. The van der Waals surface area contributed by atoms with Crippen LogP contribution in [0.4, 0.5) is 4.79 Å². The number of carbonyl (C=O) groups is 1. The van der Waals surface area contributed by atoms with Gasteiger partial charge in [0.2, 0.25) is 0 Å². The first-order chi connectivity index (χ1) is 12.1. The number of likely N-dealkylation sites (tertiary alicyclic amines) is 1. The molecule has 0 spiro atoms. The maximum atomic E-state index is 12.0. The number of H-pyrrole nitrogens is 1. The number of methoxy groups -OCH3 is 1. The molecule has 0 atom stereocenters. The summed E-state index contributed by atoms with van der Waals surface area (Å²) in [5.41, 5.74) is 0.319. The van der Waals surface area contributed by atoms with Gasteiger partial charge < -0.3 is 24.1 Å². The standard InChI is InChI=1S/C17H21N3O5/c1-3-24-17(22)20-6-4-11(5-7-20)25-15-8-12-13(9-14(15)23-2)18-10-19-16(12)21/h8-11H,3-7H2,1-2H3,(H,18,19,21). The van der Waals surface area contributed by atoms with Crippen LogP contribution < -0.4 is 15.0 Å². The highest BCUT2D eigenvalue weighted by Crippen LogP contribution is 2.32.